The van der Waals surface area contributed by atoms with E-state index in [0.717, 1.165) is 35.1 Å². The summed E-state index contributed by atoms with van der Waals surface area (Å²) in [6.07, 6.45) is 1.66. The Balaban J connectivity index is 1.40. The third-order valence-electron chi connectivity index (χ3n) is 4.67. The Morgan fingerprint density at radius 1 is 1.07 bits per heavy atom. The molecule has 0 radical (unpaired) electrons. The zero-order chi connectivity index (χ0) is 19.3. The van der Waals surface area contributed by atoms with Crippen LogP contribution in [-0.4, -0.2) is 42.0 Å². The number of rotatable bonds is 5. The van der Waals surface area contributed by atoms with Crippen molar-refractivity contribution in [2.24, 2.45) is 0 Å². The van der Waals surface area contributed by atoms with E-state index >= 15 is 0 Å². The van der Waals surface area contributed by atoms with E-state index < -0.39 is 0 Å². The van der Waals surface area contributed by atoms with Crippen molar-refractivity contribution in [3.05, 3.63) is 75.6 Å². The van der Waals surface area contributed by atoms with Crippen molar-refractivity contribution in [2.75, 3.05) is 31.1 Å². The van der Waals surface area contributed by atoms with Crippen LogP contribution in [0.5, 0.6) is 0 Å². The molecule has 0 aliphatic carbocycles. The topological polar surface area (TPSA) is 36.4 Å². The van der Waals surface area contributed by atoms with Gasteiger partial charge in [0.2, 0.25) is 0 Å². The van der Waals surface area contributed by atoms with Crippen molar-refractivity contribution in [2.45, 2.75) is 10.6 Å². The highest BCUT2D eigenvalue weighted by Crippen LogP contribution is 2.29. The standard InChI is InChI=1S/C21H20ClN3OS2/c22-16-7-8-20(23-14-16)24-9-11-25(12-10-24)21(26)18-5-1-2-6-19(18)28-15-17-4-3-13-27-17/h1-8,13-14H,9-12,15H2. The maximum atomic E-state index is 13.1. The molecule has 1 saturated heterocycles. The Kier molecular flexibility index (Phi) is 6.20. The number of nitrogens with zero attached hydrogens (tertiary/aromatic N) is 3. The Labute approximate surface area is 178 Å². The molecule has 0 spiro atoms. The number of anilines is 1. The van der Waals surface area contributed by atoms with E-state index in [0.29, 0.717) is 18.1 Å². The second kappa shape index (κ2) is 8.99. The summed E-state index contributed by atoms with van der Waals surface area (Å²) in [4.78, 5) is 24.0. The highest BCUT2D eigenvalue weighted by molar-refractivity contribution is 7.98. The van der Waals surface area contributed by atoms with Gasteiger partial charge in [0, 0.05) is 47.9 Å². The van der Waals surface area contributed by atoms with Gasteiger partial charge in [-0.25, -0.2) is 4.98 Å². The van der Waals surface area contributed by atoms with E-state index in [4.69, 9.17) is 11.6 Å². The highest BCUT2D eigenvalue weighted by Gasteiger charge is 2.24. The summed E-state index contributed by atoms with van der Waals surface area (Å²) in [5, 5.41) is 2.72. The predicted molar refractivity (Wildman–Crippen MR) is 118 cm³/mol. The number of halogens is 1. The third-order valence-corrected chi connectivity index (χ3v) is 7.08. The lowest BCUT2D eigenvalue weighted by Gasteiger charge is -2.35. The Morgan fingerprint density at radius 2 is 1.89 bits per heavy atom. The van der Waals surface area contributed by atoms with Gasteiger partial charge in [-0.1, -0.05) is 29.8 Å². The first-order valence-electron chi connectivity index (χ1n) is 9.11. The molecule has 0 bridgehead atoms. The van der Waals surface area contributed by atoms with Crippen LogP contribution in [0.4, 0.5) is 5.82 Å². The molecule has 1 aliphatic rings. The molecule has 1 aromatic carbocycles. The van der Waals surface area contributed by atoms with Crippen LogP contribution in [0.2, 0.25) is 5.02 Å². The largest absolute Gasteiger partial charge is 0.353 e. The molecule has 1 aliphatic heterocycles. The molecular weight excluding hydrogens is 410 g/mol. The first-order chi connectivity index (χ1) is 13.7. The molecule has 4 rings (SSSR count). The van der Waals surface area contributed by atoms with E-state index in [1.54, 1.807) is 29.3 Å². The van der Waals surface area contributed by atoms with E-state index in [9.17, 15) is 4.79 Å². The number of carbonyl (C=O) groups excluding carboxylic acids is 1. The van der Waals surface area contributed by atoms with Crippen LogP contribution in [0.15, 0.2) is 65.0 Å². The van der Waals surface area contributed by atoms with Crippen molar-refractivity contribution in [3.63, 3.8) is 0 Å². The number of thiophene rings is 1. The van der Waals surface area contributed by atoms with Crippen LogP contribution in [0, 0.1) is 0 Å². The van der Waals surface area contributed by atoms with Gasteiger partial charge in [-0.05, 0) is 35.7 Å². The lowest BCUT2D eigenvalue weighted by molar-refractivity contribution is 0.0743. The van der Waals surface area contributed by atoms with Crippen molar-refractivity contribution in [3.8, 4) is 0 Å². The molecule has 3 heterocycles. The summed E-state index contributed by atoms with van der Waals surface area (Å²) in [7, 11) is 0. The normalized spacial score (nSPS) is 14.3. The third kappa shape index (κ3) is 4.51. The van der Waals surface area contributed by atoms with Gasteiger partial charge in [0.1, 0.15) is 5.82 Å². The number of hydrogen-bond acceptors (Lipinski definition) is 5. The predicted octanol–water partition coefficient (Wildman–Crippen LogP) is 5.05. The number of thioether (sulfide) groups is 1. The van der Waals surface area contributed by atoms with Gasteiger partial charge in [0.05, 0.1) is 10.6 Å². The molecular formula is C21H20ClN3OS2. The minimum absolute atomic E-state index is 0.109. The summed E-state index contributed by atoms with van der Waals surface area (Å²) in [6.45, 7) is 2.91. The molecule has 28 heavy (non-hydrogen) atoms. The lowest BCUT2D eigenvalue weighted by atomic mass is 10.2. The highest BCUT2D eigenvalue weighted by atomic mass is 35.5. The molecule has 1 fully saturated rings. The fourth-order valence-electron chi connectivity index (χ4n) is 3.18. The number of amides is 1. The van der Waals surface area contributed by atoms with Crippen molar-refractivity contribution in [1.29, 1.82) is 0 Å². The number of carbonyl (C=O) groups is 1. The zero-order valence-corrected chi connectivity index (χ0v) is 17.6. The van der Waals surface area contributed by atoms with Gasteiger partial charge in [-0.15, -0.1) is 23.1 Å². The van der Waals surface area contributed by atoms with E-state index in [1.165, 1.54) is 4.88 Å². The molecule has 1 amide bonds. The van der Waals surface area contributed by atoms with Crippen molar-refractivity contribution < 1.29 is 4.79 Å². The monoisotopic (exact) mass is 429 g/mol. The molecule has 144 valence electrons. The second-order valence-electron chi connectivity index (χ2n) is 6.48. The van der Waals surface area contributed by atoms with Gasteiger partial charge in [-0.3, -0.25) is 4.79 Å². The molecule has 0 atom stereocenters. The fraction of sp³-hybridized carbons (Fsp3) is 0.238. The molecule has 7 heteroatoms. The van der Waals surface area contributed by atoms with Crippen LogP contribution < -0.4 is 4.90 Å². The minimum atomic E-state index is 0.109. The second-order valence-corrected chi connectivity index (χ2v) is 8.96. The Bertz CT molecular complexity index is 923. The summed E-state index contributed by atoms with van der Waals surface area (Å²) in [6, 6.07) is 15.9. The number of pyridine rings is 1. The molecule has 0 unspecified atom stereocenters. The average molecular weight is 430 g/mol. The van der Waals surface area contributed by atoms with Gasteiger partial charge in [-0.2, -0.15) is 0 Å². The Hall–Kier alpha value is -2.02. The first-order valence-corrected chi connectivity index (χ1v) is 11.3. The number of hydrogen-bond donors (Lipinski definition) is 0. The number of aromatic nitrogens is 1. The molecule has 0 N–H and O–H groups in total. The van der Waals surface area contributed by atoms with E-state index in [2.05, 4.69) is 27.4 Å². The Morgan fingerprint density at radius 3 is 2.61 bits per heavy atom. The smallest absolute Gasteiger partial charge is 0.255 e. The summed E-state index contributed by atoms with van der Waals surface area (Å²) in [5.41, 5.74) is 0.794. The minimum Gasteiger partial charge on any atom is -0.353 e. The molecule has 3 aromatic rings. The molecule has 4 nitrogen and oxygen atoms in total. The summed E-state index contributed by atoms with van der Waals surface area (Å²) >= 11 is 9.39. The summed E-state index contributed by atoms with van der Waals surface area (Å²) in [5.74, 6) is 1.90. The molecule has 2 aromatic heterocycles. The zero-order valence-electron chi connectivity index (χ0n) is 15.3. The fourth-order valence-corrected chi connectivity index (χ4v) is 5.11. The number of benzene rings is 1. The van der Waals surface area contributed by atoms with Gasteiger partial charge in [0.15, 0.2) is 0 Å². The van der Waals surface area contributed by atoms with Gasteiger partial charge < -0.3 is 9.80 Å². The van der Waals surface area contributed by atoms with Crippen LogP contribution >= 0.6 is 34.7 Å². The quantitative estimate of drug-likeness (QED) is 0.531. The molecule has 0 saturated carbocycles. The van der Waals surface area contributed by atoms with Crippen molar-refractivity contribution in [1.82, 2.24) is 9.88 Å². The maximum Gasteiger partial charge on any atom is 0.255 e. The van der Waals surface area contributed by atoms with Gasteiger partial charge >= 0.3 is 0 Å². The van der Waals surface area contributed by atoms with Crippen LogP contribution in [0.25, 0.3) is 0 Å². The first kappa shape index (κ1) is 19.3. The van der Waals surface area contributed by atoms with Crippen LogP contribution in [0.1, 0.15) is 15.2 Å². The summed E-state index contributed by atoms with van der Waals surface area (Å²) < 4.78 is 0. The maximum absolute atomic E-state index is 13.1. The van der Waals surface area contributed by atoms with E-state index in [-0.39, 0.29) is 5.91 Å². The van der Waals surface area contributed by atoms with Gasteiger partial charge in [0.25, 0.3) is 5.91 Å². The number of piperazine rings is 1. The van der Waals surface area contributed by atoms with Crippen LogP contribution in [-0.2, 0) is 5.75 Å². The lowest BCUT2D eigenvalue weighted by Crippen LogP contribution is -2.49. The van der Waals surface area contributed by atoms with Crippen molar-refractivity contribution >= 4 is 46.4 Å². The SMILES string of the molecule is O=C(c1ccccc1SCc1cccs1)N1CCN(c2ccc(Cl)cn2)CC1. The van der Waals surface area contributed by atoms with Crippen LogP contribution in [0.3, 0.4) is 0 Å². The van der Waals surface area contributed by atoms with E-state index in [1.807, 2.05) is 41.3 Å². The average Bonchev–Trinajstić information content (AvgIpc) is 3.26.